The van der Waals surface area contributed by atoms with E-state index in [-0.39, 0.29) is 18.1 Å². The van der Waals surface area contributed by atoms with E-state index in [9.17, 15) is 28.1 Å². The Hall–Kier alpha value is -3.21. The lowest BCUT2D eigenvalue weighted by Gasteiger charge is -2.23. The predicted molar refractivity (Wildman–Crippen MR) is 109 cm³/mol. The Kier molecular flexibility index (Phi) is 6.74. The van der Waals surface area contributed by atoms with Crippen LogP contribution >= 0.6 is 0 Å². The minimum absolute atomic E-state index is 0.0627. The molecule has 1 aliphatic heterocycles. The Morgan fingerprint density at radius 1 is 1.19 bits per heavy atom. The van der Waals surface area contributed by atoms with Gasteiger partial charge in [0.1, 0.15) is 5.82 Å². The van der Waals surface area contributed by atoms with Crippen molar-refractivity contribution in [2.75, 3.05) is 42.9 Å². The molecule has 166 valence electrons. The highest BCUT2D eigenvalue weighted by Gasteiger charge is 2.31. The fraction of sp³-hybridized carbons (Fsp3) is 0.400. The predicted octanol–water partition coefficient (Wildman–Crippen LogP) is 3.47. The molecule has 8 nitrogen and oxygen atoms in total. The van der Waals surface area contributed by atoms with E-state index in [0.717, 1.165) is 12.3 Å². The van der Waals surface area contributed by atoms with E-state index in [0.29, 0.717) is 49.7 Å². The van der Waals surface area contributed by atoms with Gasteiger partial charge in [-0.2, -0.15) is 13.2 Å². The molecule has 0 unspecified atom stereocenters. The van der Waals surface area contributed by atoms with Gasteiger partial charge in [0.05, 0.1) is 28.3 Å². The monoisotopic (exact) mass is 437 g/mol. The fourth-order valence-electron chi connectivity index (χ4n) is 3.45. The maximum absolute atomic E-state index is 12.7. The van der Waals surface area contributed by atoms with Crippen LogP contribution in [0.25, 0.3) is 0 Å². The fourth-order valence-corrected chi connectivity index (χ4v) is 3.45. The van der Waals surface area contributed by atoms with E-state index in [1.807, 2.05) is 9.80 Å². The Bertz CT molecular complexity index is 950. The summed E-state index contributed by atoms with van der Waals surface area (Å²) < 4.78 is 38.1. The first-order chi connectivity index (χ1) is 14.6. The Morgan fingerprint density at radius 2 is 1.97 bits per heavy atom. The van der Waals surface area contributed by atoms with E-state index in [1.54, 1.807) is 13.0 Å². The van der Waals surface area contributed by atoms with Gasteiger partial charge in [0.2, 0.25) is 5.91 Å². The number of alkyl halides is 3. The van der Waals surface area contributed by atoms with Gasteiger partial charge in [-0.3, -0.25) is 19.8 Å². The topological polar surface area (TPSA) is 91.6 Å². The van der Waals surface area contributed by atoms with Gasteiger partial charge in [-0.1, -0.05) is 6.07 Å². The zero-order chi connectivity index (χ0) is 22.6. The first-order valence-electron chi connectivity index (χ1n) is 9.69. The number of nitro benzene ring substituents is 1. The lowest BCUT2D eigenvalue weighted by atomic mass is 10.1. The average molecular weight is 437 g/mol. The van der Waals surface area contributed by atoms with Crippen LogP contribution in [0.15, 0.2) is 36.5 Å². The van der Waals surface area contributed by atoms with Gasteiger partial charge < -0.3 is 10.2 Å². The van der Waals surface area contributed by atoms with Crippen LogP contribution in [0.5, 0.6) is 0 Å². The summed E-state index contributed by atoms with van der Waals surface area (Å²) in [6.07, 6.45) is -2.88. The number of aromatic nitrogens is 1. The number of halogens is 3. The SMILES string of the molecule is Cc1c(NC(=O)CN2CCCN(c3ccc(C(F)(F)F)cn3)CC2)cccc1[N+](=O)[O-]. The second-order valence-corrected chi connectivity index (χ2v) is 7.27. The molecule has 0 radical (unpaired) electrons. The standard InChI is InChI=1S/C20H22F3N5O3/c1-14-16(4-2-5-17(14)28(30)31)25-19(29)13-26-8-3-9-27(11-10-26)18-7-6-15(12-24-18)20(21,22)23/h2,4-7,12H,3,8-11,13H2,1H3,(H,25,29). The summed E-state index contributed by atoms with van der Waals surface area (Å²) in [4.78, 5) is 30.8. The van der Waals surface area contributed by atoms with Crippen LogP contribution in [0.2, 0.25) is 0 Å². The first kappa shape index (κ1) is 22.5. The smallest absolute Gasteiger partial charge is 0.355 e. The van der Waals surface area contributed by atoms with E-state index >= 15 is 0 Å². The van der Waals surface area contributed by atoms with Crippen LogP contribution in [0, 0.1) is 17.0 Å². The van der Waals surface area contributed by atoms with Crippen molar-refractivity contribution in [3.63, 3.8) is 0 Å². The molecule has 2 heterocycles. The summed E-state index contributed by atoms with van der Waals surface area (Å²) in [5, 5.41) is 13.8. The summed E-state index contributed by atoms with van der Waals surface area (Å²) in [6, 6.07) is 6.88. The van der Waals surface area contributed by atoms with E-state index < -0.39 is 16.7 Å². The highest BCUT2D eigenvalue weighted by Crippen LogP contribution is 2.29. The van der Waals surface area contributed by atoms with Crippen LogP contribution in [-0.2, 0) is 11.0 Å². The molecule has 11 heteroatoms. The summed E-state index contributed by atoms with van der Waals surface area (Å²) in [6.45, 7) is 3.98. The third kappa shape index (κ3) is 5.69. The zero-order valence-corrected chi connectivity index (χ0v) is 16.9. The number of hydrogen-bond acceptors (Lipinski definition) is 6. The number of nitro groups is 1. The van der Waals surface area contributed by atoms with E-state index in [2.05, 4.69) is 10.3 Å². The van der Waals surface area contributed by atoms with Crippen molar-refractivity contribution >= 4 is 23.1 Å². The highest BCUT2D eigenvalue weighted by atomic mass is 19.4. The number of anilines is 2. The number of nitrogens with zero attached hydrogens (tertiary/aromatic N) is 4. The zero-order valence-electron chi connectivity index (χ0n) is 16.9. The van der Waals surface area contributed by atoms with Crippen LogP contribution in [0.1, 0.15) is 17.5 Å². The Morgan fingerprint density at radius 3 is 2.61 bits per heavy atom. The maximum Gasteiger partial charge on any atom is 0.417 e. The van der Waals surface area contributed by atoms with Crippen LogP contribution < -0.4 is 10.2 Å². The quantitative estimate of drug-likeness (QED) is 0.569. The van der Waals surface area contributed by atoms with Crippen molar-refractivity contribution in [1.82, 2.24) is 9.88 Å². The summed E-state index contributed by atoms with van der Waals surface area (Å²) in [7, 11) is 0. The van der Waals surface area contributed by atoms with E-state index in [4.69, 9.17) is 0 Å². The number of carbonyl (C=O) groups is 1. The molecule has 1 aromatic heterocycles. The minimum atomic E-state index is -4.42. The van der Waals surface area contributed by atoms with Crippen molar-refractivity contribution in [3.05, 3.63) is 57.8 Å². The molecule has 1 aliphatic rings. The Balaban J connectivity index is 1.57. The molecule has 1 N–H and O–H groups in total. The molecule has 0 saturated carbocycles. The number of benzene rings is 1. The molecule has 1 aromatic carbocycles. The minimum Gasteiger partial charge on any atom is -0.355 e. The summed E-state index contributed by atoms with van der Waals surface area (Å²) >= 11 is 0. The van der Waals surface area contributed by atoms with Gasteiger partial charge >= 0.3 is 6.18 Å². The van der Waals surface area contributed by atoms with Crippen LogP contribution in [0.3, 0.4) is 0 Å². The molecule has 0 atom stereocenters. The van der Waals surface area contributed by atoms with Gasteiger partial charge in [0, 0.05) is 38.4 Å². The number of nitrogens with one attached hydrogen (secondary N) is 1. The van der Waals surface area contributed by atoms with Crippen molar-refractivity contribution in [2.45, 2.75) is 19.5 Å². The van der Waals surface area contributed by atoms with Gasteiger partial charge in [0.15, 0.2) is 0 Å². The molecular formula is C20H22F3N5O3. The molecule has 0 bridgehead atoms. The van der Waals surface area contributed by atoms with Crippen molar-refractivity contribution in [3.8, 4) is 0 Å². The van der Waals surface area contributed by atoms with Crippen molar-refractivity contribution in [1.29, 1.82) is 0 Å². The normalized spacial score (nSPS) is 15.4. The summed E-state index contributed by atoms with van der Waals surface area (Å²) in [5.74, 6) is 0.177. The van der Waals surface area contributed by atoms with Crippen LogP contribution in [0.4, 0.5) is 30.4 Å². The molecular weight excluding hydrogens is 415 g/mol. The van der Waals surface area contributed by atoms with Crippen molar-refractivity contribution in [2.24, 2.45) is 0 Å². The van der Waals surface area contributed by atoms with E-state index in [1.165, 1.54) is 18.2 Å². The lowest BCUT2D eigenvalue weighted by molar-refractivity contribution is -0.385. The molecule has 3 rings (SSSR count). The summed E-state index contributed by atoms with van der Waals surface area (Å²) in [5.41, 5.74) is -0.0751. The number of rotatable bonds is 5. The molecule has 1 fully saturated rings. The van der Waals surface area contributed by atoms with Gasteiger partial charge in [0.25, 0.3) is 5.69 Å². The molecule has 2 aromatic rings. The lowest BCUT2D eigenvalue weighted by Crippen LogP contribution is -2.36. The molecule has 0 aliphatic carbocycles. The van der Waals surface area contributed by atoms with Crippen molar-refractivity contribution < 1.29 is 22.9 Å². The highest BCUT2D eigenvalue weighted by molar-refractivity contribution is 5.93. The second-order valence-electron chi connectivity index (χ2n) is 7.27. The third-order valence-electron chi connectivity index (χ3n) is 5.13. The molecule has 1 amide bonds. The van der Waals surface area contributed by atoms with Gasteiger partial charge in [-0.15, -0.1) is 0 Å². The van der Waals surface area contributed by atoms with Crippen LogP contribution in [-0.4, -0.2) is 53.4 Å². The Labute approximate surface area is 176 Å². The largest absolute Gasteiger partial charge is 0.417 e. The third-order valence-corrected chi connectivity index (χ3v) is 5.13. The molecule has 1 saturated heterocycles. The number of pyridine rings is 1. The molecule has 31 heavy (non-hydrogen) atoms. The first-order valence-corrected chi connectivity index (χ1v) is 9.69. The second kappa shape index (κ2) is 9.29. The molecule has 0 spiro atoms. The number of hydrogen-bond donors (Lipinski definition) is 1. The maximum atomic E-state index is 12.7. The number of amides is 1. The number of carbonyl (C=O) groups excluding carboxylic acids is 1. The van der Waals surface area contributed by atoms with Gasteiger partial charge in [-0.25, -0.2) is 4.98 Å². The van der Waals surface area contributed by atoms with Gasteiger partial charge in [-0.05, 0) is 31.5 Å². The average Bonchev–Trinajstić information content (AvgIpc) is 2.94.